The van der Waals surface area contributed by atoms with Gasteiger partial charge < -0.3 is 19.6 Å². The van der Waals surface area contributed by atoms with Crippen molar-refractivity contribution in [2.24, 2.45) is 5.73 Å². The van der Waals surface area contributed by atoms with Gasteiger partial charge in [-0.2, -0.15) is 0 Å². The number of oxazole rings is 1. The zero-order valence-corrected chi connectivity index (χ0v) is 8.03. The van der Waals surface area contributed by atoms with Crippen LogP contribution in [0.25, 0.3) is 11.1 Å². The van der Waals surface area contributed by atoms with Crippen molar-refractivity contribution in [1.82, 2.24) is 4.98 Å². The van der Waals surface area contributed by atoms with Crippen molar-refractivity contribution in [2.75, 3.05) is 13.2 Å². The van der Waals surface area contributed by atoms with E-state index in [-0.39, 0.29) is 6.54 Å². The molecule has 0 saturated carbocycles. The normalized spacial score (nSPS) is 14.5. The van der Waals surface area contributed by atoms with Crippen molar-refractivity contribution in [3.05, 3.63) is 18.0 Å². The third-order valence-electron chi connectivity index (χ3n) is 2.28. The number of rotatable bonds is 1. The lowest BCUT2D eigenvalue weighted by molar-refractivity contribution is 0.172. The highest BCUT2D eigenvalue weighted by molar-refractivity contribution is 5.82. The van der Waals surface area contributed by atoms with E-state index in [0.717, 1.165) is 5.52 Å². The fourth-order valence-corrected chi connectivity index (χ4v) is 1.63. The number of benzene rings is 1. The number of aromatic nitrogens is 1. The predicted octanol–water partition coefficient (Wildman–Crippen LogP) is 1.06. The minimum atomic E-state index is 0.282. The van der Waals surface area contributed by atoms with Gasteiger partial charge in [0.25, 0.3) is 0 Å². The van der Waals surface area contributed by atoms with Crippen molar-refractivity contribution < 1.29 is 13.9 Å². The van der Waals surface area contributed by atoms with Gasteiger partial charge in [0.15, 0.2) is 5.75 Å². The molecule has 0 aliphatic carbocycles. The molecule has 1 aromatic carbocycles. The van der Waals surface area contributed by atoms with E-state index in [1.54, 1.807) is 0 Å². The minimum absolute atomic E-state index is 0.282. The number of fused-ring (bicyclic) bond motifs is 3. The Bertz CT molecular complexity index is 507. The summed E-state index contributed by atoms with van der Waals surface area (Å²) in [5, 5.41) is 0. The second-order valence-corrected chi connectivity index (χ2v) is 3.25. The predicted molar refractivity (Wildman–Crippen MR) is 52.9 cm³/mol. The molecule has 3 rings (SSSR count). The highest BCUT2D eigenvalue weighted by Gasteiger charge is 2.19. The largest absolute Gasteiger partial charge is 0.486 e. The molecule has 15 heavy (non-hydrogen) atoms. The Morgan fingerprint density at radius 3 is 3.00 bits per heavy atom. The Hall–Kier alpha value is -1.75. The van der Waals surface area contributed by atoms with Gasteiger partial charge in [0.2, 0.25) is 17.2 Å². The number of hydrogen-bond donors (Lipinski definition) is 1. The number of nitrogens with zero attached hydrogens (tertiary/aromatic N) is 1. The Morgan fingerprint density at radius 2 is 2.13 bits per heavy atom. The summed E-state index contributed by atoms with van der Waals surface area (Å²) < 4.78 is 16.4. The fourth-order valence-electron chi connectivity index (χ4n) is 1.63. The van der Waals surface area contributed by atoms with E-state index in [1.165, 1.54) is 0 Å². The van der Waals surface area contributed by atoms with Gasteiger partial charge >= 0.3 is 0 Å². The van der Waals surface area contributed by atoms with Gasteiger partial charge in [-0.1, -0.05) is 0 Å². The second-order valence-electron chi connectivity index (χ2n) is 3.25. The van der Waals surface area contributed by atoms with Gasteiger partial charge in [0, 0.05) is 0 Å². The summed E-state index contributed by atoms with van der Waals surface area (Å²) in [5.41, 5.74) is 6.83. The van der Waals surface area contributed by atoms with Crippen molar-refractivity contribution in [3.63, 3.8) is 0 Å². The monoisotopic (exact) mass is 206 g/mol. The van der Waals surface area contributed by atoms with Crippen LogP contribution in [0.4, 0.5) is 0 Å². The molecule has 1 aromatic heterocycles. The SMILES string of the molecule is NCc1nc2ccc3c(c2o1)OCCO3. The van der Waals surface area contributed by atoms with E-state index in [1.807, 2.05) is 12.1 Å². The number of hydrogen-bond acceptors (Lipinski definition) is 5. The van der Waals surface area contributed by atoms with Crippen LogP contribution >= 0.6 is 0 Å². The Balaban J connectivity index is 2.25. The first kappa shape index (κ1) is 8.55. The Kier molecular flexibility index (Phi) is 1.78. The third-order valence-corrected chi connectivity index (χ3v) is 2.28. The molecule has 0 spiro atoms. The molecule has 5 nitrogen and oxygen atoms in total. The van der Waals surface area contributed by atoms with Gasteiger partial charge in [0.1, 0.15) is 18.7 Å². The summed E-state index contributed by atoms with van der Waals surface area (Å²) in [6.07, 6.45) is 0. The highest BCUT2D eigenvalue weighted by Crippen LogP contribution is 2.37. The average Bonchev–Trinajstić information content (AvgIpc) is 2.72. The van der Waals surface area contributed by atoms with Crippen LogP contribution in [-0.4, -0.2) is 18.2 Å². The molecule has 1 aliphatic heterocycles. The minimum Gasteiger partial charge on any atom is -0.486 e. The summed E-state index contributed by atoms with van der Waals surface area (Å²) in [6.45, 7) is 1.38. The van der Waals surface area contributed by atoms with E-state index < -0.39 is 0 Å². The first-order chi connectivity index (χ1) is 7.38. The van der Waals surface area contributed by atoms with Crippen LogP contribution in [0.3, 0.4) is 0 Å². The molecule has 78 valence electrons. The maximum Gasteiger partial charge on any atom is 0.209 e. The Morgan fingerprint density at radius 1 is 1.27 bits per heavy atom. The first-order valence-corrected chi connectivity index (χ1v) is 4.76. The molecule has 0 unspecified atom stereocenters. The van der Waals surface area contributed by atoms with Crippen LogP contribution in [0.1, 0.15) is 5.89 Å². The van der Waals surface area contributed by atoms with Crippen LogP contribution in [0.15, 0.2) is 16.5 Å². The van der Waals surface area contributed by atoms with E-state index >= 15 is 0 Å². The van der Waals surface area contributed by atoms with Crippen molar-refractivity contribution in [1.29, 1.82) is 0 Å². The maximum absolute atomic E-state index is 5.49. The second kappa shape index (κ2) is 3.13. The summed E-state index contributed by atoms with van der Waals surface area (Å²) >= 11 is 0. The quantitative estimate of drug-likeness (QED) is 0.755. The number of ether oxygens (including phenoxy) is 2. The fraction of sp³-hybridized carbons (Fsp3) is 0.300. The lowest BCUT2D eigenvalue weighted by Crippen LogP contribution is -2.15. The molecule has 0 amide bonds. The molecular formula is C10H10N2O3. The third kappa shape index (κ3) is 1.24. The summed E-state index contributed by atoms with van der Waals surface area (Å²) in [4.78, 5) is 4.21. The van der Waals surface area contributed by atoms with Crippen molar-refractivity contribution >= 4 is 11.1 Å². The van der Waals surface area contributed by atoms with Gasteiger partial charge in [-0.25, -0.2) is 4.98 Å². The molecule has 2 N–H and O–H groups in total. The molecule has 0 atom stereocenters. The van der Waals surface area contributed by atoms with Crippen LogP contribution in [0.5, 0.6) is 11.5 Å². The molecule has 0 radical (unpaired) electrons. The molecule has 2 heterocycles. The van der Waals surface area contributed by atoms with Crippen molar-refractivity contribution in [3.8, 4) is 11.5 Å². The molecule has 5 heteroatoms. The van der Waals surface area contributed by atoms with Crippen LogP contribution in [-0.2, 0) is 6.54 Å². The lowest BCUT2D eigenvalue weighted by Gasteiger charge is -2.17. The molecular weight excluding hydrogens is 196 g/mol. The zero-order valence-electron chi connectivity index (χ0n) is 8.03. The maximum atomic E-state index is 5.49. The Labute approximate surface area is 85.8 Å². The van der Waals surface area contributed by atoms with Gasteiger partial charge in [-0.05, 0) is 12.1 Å². The standard InChI is InChI=1S/C10H10N2O3/c11-5-8-12-6-1-2-7-10(9(6)15-8)14-4-3-13-7/h1-2H,3-5,11H2. The molecule has 0 saturated heterocycles. The molecule has 0 bridgehead atoms. The van der Waals surface area contributed by atoms with Gasteiger partial charge in [-0.15, -0.1) is 0 Å². The van der Waals surface area contributed by atoms with Crippen LogP contribution < -0.4 is 15.2 Å². The molecule has 1 aliphatic rings. The molecule has 2 aromatic rings. The topological polar surface area (TPSA) is 70.5 Å². The summed E-state index contributed by atoms with van der Waals surface area (Å²) in [7, 11) is 0. The highest BCUT2D eigenvalue weighted by atomic mass is 16.6. The lowest BCUT2D eigenvalue weighted by atomic mass is 10.2. The zero-order chi connectivity index (χ0) is 10.3. The van der Waals surface area contributed by atoms with Gasteiger partial charge in [-0.3, -0.25) is 0 Å². The summed E-state index contributed by atoms with van der Waals surface area (Å²) in [6, 6.07) is 3.67. The summed E-state index contributed by atoms with van der Waals surface area (Å²) in [5.74, 6) is 1.84. The van der Waals surface area contributed by atoms with Crippen molar-refractivity contribution in [2.45, 2.75) is 6.54 Å². The van der Waals surface area contributed by atoms with Gasteiger partial charge in [0.05, 0.1) is 6.54 Å². The van der Waals surface area contributed by atoms with Crippen LogP contribution in [0.2, 0.25) is 0 Å². The van der Waals surface area contributed by atoms with E-state index in [2.05, 4.69) is 4.98 Å². The first-order valence-electron chi connectivity index (χ1n) is 4.76. The van der Waals surface area contributed by atoms with E-state index in [0.29, 0.717) is 36.2 Å². The van der Waals surface area contributed by atoms with E-state index in [4.69, 9.17) is 19.6 Å². The number of nitrogens with two attached hydrogens (primary N) is 1. The average molecular weight is 206 g/mol. The molecule has 0 fully saturated rings. The van der Waals surface area contributed by atoms with Crippen LogP contribution in [0, 0.1) is 0 Å². The smallest absolute Gasteiger partial charge is 0.209 e. The van der Waals surface area contributed by atoms with E-state index in [9.17, 15) is 0 Å².